The van der Waals surface area contributed by atoms with Crippen LogP contribution in [0.5, 0.6) is 0 Å². The molecule has 0 bridgehead atoms. The summed E-state index contributed by atoms with van der Waals surface area (Å²) < 4.78 is 0. The van der Waals surface area contributed by atoms with Gasteiger partial charge in [0.2, 0.25) is 0 Å². The van der Waals surface area contributed by atoms with E-state index in [1.165, 1.54) is 89.9 Å². The highest BCUT2D eigenvalue weighted by Crippen LogP contribution is 2.21. The van der Waals surface area contributed by atoms with Crippen molar-refractivity contribution in [3.63, 3.8) is 0 Å². The first kappa shape index (κ1) is 30.7. The maximum atomic E-state index is 11.7. The number of aliphatic carboxylic acids is 2. The molecule has 0 aromatic heterocycles. The molecule has 0 fully saturated rings. The average Bonchev–Trinajstić information content (AvgIpc) is 2.76. The summed E-state index contributed by atoms with van der Waals surface area (Å²) in [4.78, 5) is 23.4. The minimum atomic E-state index is -1.05. The highest BCUT2D eigenvalue weighted by Gasteiger charge is 2.19. The van der Waals surface area contributed by atoms with Crippen molar-refractivity contribution in [2.45, 2.75) is 155 Å². The summed E-state index contributed by atoms with van der Waals surface area (Å²) in [5.41, 5.74) is 0.265. The number of carboxylic acid groups (broad SMARTS) is 2. The molecule has 2 N–H and O–H groups in total. The molecule has 4 nitrogen and oxygen atoms in total. The van der Waals surface area contributed by atoms with Gasteiger partial charge in [-0.3, -0.25) is 0 Å². The summed E-state index contributed by atoms with van der Waals surface area (Å²) >= 11 is 0. The van der Waals surface area contributed by atoms with Crippen molar-refractivity contribution in [2.75, 3.05) is 0 Å². The van der Waals surface area contributed by atoms with E-state index in [2.05, 4.69) is 13.8 Å². The molecule has 0 radical (unpaired) electrons. The monoisotopic (exact) mass is 452 g/mol. The summed E-state index contributed by atoms with van der Waals surface area (Å²) in [6.45, 7) is 4.46. The summed E-state index contributed by atoms with van der Waals surface area (Å²) in [5, 5.41) is 19.2. The lowest BCUT2D eigenvalue weighted by atomic mass is 9.96. The molecule has 0 aliphatic carbocycles. The van der Waals surface area contributed by atoms with Gasteiger partial charge in [-0.1, -0.05) is 129 Å². The van der Waals surface area contributed by atoms with E-state index in [1.54, 1.807) is 0 Å². The van der Waals surface area contributed by atoms with Gasteiger partial charge in [-0.15, -0.1) is 0 Å². The van der Waals surface area contributed by atoms with Crippen LogP contribution in [0.3, 0.4) is 0 Å². The van der Waals surface area contributed by atoms with Crippen LogP contribution in [0.15, 0.2) is 11.1 Å². The molecule has 0 spiro atoms. The lowest BCUT2D eigenvalue weighted by molar-refractivity contribution is -0.136. The van der Waals surface area contributed by atoms with Gasteiger partial charge in [0.05, 0.1) is 0 Å². The summed E-state index contributed by atoms with van der Waals surface area (Å²) in [5.74, 6) is -2.10. The summed E-state index contributed by atoms with van der Waals surface area (Å²) in [7, 11) is 0. The van der Waals surface area contributed by atoms with Gasteiger partial charge in [0.25, 0.3) is 0 Å². The van der Waals surface area contributed by atoms with Crippen molar-refractivity contribution in [1.29, 1.82) is 0 Å². The summed E-state index contributed by atoms with van der Waals surface area (Å²) in [6.07, 6.45) is 24.5. The number of carbonyl (C=O) groups is 2. The van der Waals surface area contributed by atoms with Gasteiger partial charge < -0.3 is 10.2 Å². The van der Waals surface area contributed by atoms with Crippen LogP contribution in [0.25, 0.3) is 0 Å². The zero-order valence-corrected chi connectivity index (χ0v) is 21.3. The molecule has 0 aliphatic rings. The number of hydrogen-bond donors (Lipinski definition) is 2. The van der Waals surface area contributed by atoms with E-state index < -0.39 is 11.9 Å². The Kier molecular flexibility index (Phi) is 21.9. The number of carboxylic acids is 2. The van der Waals surface area contributed by atoms with E-state index in [1.807, 2.05) is 0 Å². The second-order valence-electron chi connectivity index (χ2n) is 9.43. The first-order chi connectivity index (χ1) is 15.5. The van der Waals surface area contributed by atoms with E-state index in [-0.39, 0.29) is 11.1 Å². The van der Waals surface area contributed by atoms with Crippen LogP contribution in [0.1, 0.15) is 155 Å². The molecule has 0 heterocycles. The Balaban J connectivity index is 4.11. The molecule has 0 aromatic rings. The highest BCUT2D eigenvalue weighted by molar-refractivity contribution is 5.98. The molecule has 0 atom stereocenters. The van der Waals surface area contributed by atoms with Gasteiger partial charge in [0.15, 0.2) is 0 Å². The summed E-state index contributed by atoms with van der Waals surface area (Å²) in [6, 6.07) is 0. The molecule has 0 amide bonds. The van der Waals surface area contributed by atoms with Gasteiger partial charge in [-0.25, -0.2) is 9.59 Å². The third-order valence-electron chi connectivity index (χ3n) is 6.44. The zero-order valence-electron chi connectivity index (χ0n) is 21.3. The third-order valence-corrected chi connectivity index (χ3v) is 6.44. The smallest absolute Gasteiger partial charge is 0.332 e. The van der Waals surface area contributed by atoms with E-state index >= 15 is 0 Å². The van der Waals surface area contributed by atoms with Crippen LogP contribution in [0.4, 0.5) is 0 Å². The number of hydrogen-bond acceptors (Lipinski definition) is 2. The standard InChI is InChI=1S/C28H52O4/c1-3-5-7-9-11-13-15-17-19-21-23-25(27(29)30)26(28(31)32)24-22-20-18-16-14-12-10-8-6-4-2/h3-24H2,1-2H3,(H,29,30)(H,31,32)/b26-25-. The maximum absolute atomic E-state index is 11.7. The van der Waals surface area contributed by atoms with Gasteiger partial charge in [-0.05, 0) is 25.7 Å². The van der Waals surface area contributed by atoms with Crippen molar-refractivity contribution >= 4 is 11.9 Å². The van der Waals surface area contributed by atoms with Crippen molar-refractivity contribution in [1.82, 2.24) is 0 Å². The molecular weight excluding hydrogens is 400 g/mol. The van der Waals surface area contributed by atoms with Crippen LogP contribution in [-0.4, -0.2) is 22.2 Å². The van der Waals surface area contributed by atoms with Crippen molar-refractivity contribution in [3.8, 4) is 0 Å². The molecule has 4 heteroatoms. The predicted molar refractivity (Wildman–Crippen MR) is 135 cm³/mol. The molecule has 32 heavy (non-hydrogen) atoms. The van der Waals surface area contributed by atoms with E-state index in [0.29, 0.717) is 12.8 Å². The SMILES string of the molecule is CCCCCCCCCCCC/C(C(=O)O)=C(\CCCCCCCCCCCC)C(=O)O. The van der Waals surface area contributed by atoms with Crippen LogP contribution >= 0.6 is 0 Å². The lowest BCUT2D eigenvalue weighted by Crippen LogP contribution is -2.12. The molecule has 0 saturated carbocycles. The molecule has 0 aliphatic heterocycles. The van der Waals surface area contributed by atoms with Crippen LogP contribution in [0.2, 0.25) is 0 Å². The van der Waals surface area contributed by atoms with Crippen molar-refractivity contribution in [3.05, 3.63) is 11.1 Å². The van der Waals surface area contributed by atoms with E-state index in [0.717, 1.165) is 38.5 Å². The van der Waals surface area contributed by atoms with Gasteiger partial charge in [-0.2, -0.15) is 0 Å². The third kappa shape index (κ3) is 18.3. The number of unbranched alkanes of at least 4 members (excludes halogenated alkanes) is 18. The second-order valence-corrected chi connectivity index (χ2v) is 9.43. The first-order valence-electron chi connectivity index (χ1n) is 13.7. The highest BCUT2D eigenvalue weighted by atomic mass is 16.4. The largest absolute Gasteiger partial charge is 0.478 e. The fourth-order valence-electron chi connectivity index (χ4n) is 4.35. The Morgan fingerprint density at radius 2 is 0.625 bits per heavy atom. The fourth-order valence-corrected chi connectivity index (χ4v) is 4.35. The first-order valence-corrected chi connectivity index (χ1v) is 13.7. The van der Waals surface area contributed by atoms with Gasteiger partial charge in [0, 0.05) is 11.1 Å². The normalized spacial score (nSPS) is 12.1. The fraction of sp³-hybridized carbons (Fsp3) is 0.857. The van der Waals surface area contributed by atoms with E-state index in [9.17, 15) is 19.8 Å². The molecule has 0 saturated heterocycles. The maximum Gasteiger partial charge on any atom is 0.332 e. The van der Waals surface area contributed by atoms with Crippen LogP contribution < -0.4 is 0 Å². The van der Waals surface area contributed by atoms with Crippen LogP contribution in [-0.2, 0) is 9.59 Å². The molecule has 188 valence electrons. The van der Waals surface area contributed by atoms with Crippen molar-refractivity contribution < 1.29 is 19.8 Å². The van der Waals surface area contributed by atoms with Gasteiger partial charge >= 0.3 is 11.9 Å². The molecule has 0 rings (SSSR count). The Labute approximate surface area is 198 Å². The van der Waals surface area contributed by atoms with Crippen LogP contribution in [0, 0.1) is 0 Å². The van der Waals surface area contributed by atoms with Crippen molar-refractivity contribution in [2.24, 2.45) is 0 Å². The molecule has 0 unspecified atom stereocenters. The minimum absolute atomic E-state index is 0.132. The van der Waals surface area contributed by atoms with E-state index in [4.69, 9.17) is 0 Å². The Morgan fingerprint density at radius 3 is 0.844 bits per heavy atom. The minimum Gasteiger partial charge on any atom is -0.478 e. The Morgan fingerprint density at radius 1 is 0.406 bits per heavy atom. The predicted octanol–water partition coefficient (Wildman–Crippen LogP) is 9.07. The molecular formula is C28H52O4. The average molecular weight is 453 g/mol. The lowest BCUT2D eigenvalue weighted by Gasteiger charge is -2.10. The molecule has 0 aromatic carbocycles. The Hall–Kier alpha value is -1.32. The Bertz CT molecular complexity index is 452. The second kappa shape index (κ2) is 22.9. The topological polar surface area (TPSA) is 74.6 Å². The van der Waals surface area contributed by atoms with Gasteiger partial charge in [0.1, 0.15) is 0 Å². The quantitative estimate of drug-likeness (QED) is 0.113. The zero-order chi connectivity index (χ0) is 23.9. The number of rotatable bonds is 24.